The van der Waals surface area contributed by atoms with Gasteiger partial charge in [-0.2, -0.15) is 15.8 Å². The van der Waals surface area contributed by atoms with Crippen molar-refractivity contribution in [3.05, 3.63) is 191 Å². The summed E-state index contributed by atoms with van der Waals surface area (Å²) in [6, 6.07) is 41.4. The van der Waals surface area contributed by atoms with Gasteiger partial charge in [0.05, 0.1) is 7.11 Å². The van der Waals surface area contributed by atoms with Crippen LogP contribution in [0.5, 0.6) is 0 Å². The largest absolute Gasteiger partial charge is 0.361 e. The number of aromatic nitrogens is 6. The number of carboxylic acids is 1. The number of para-hydroxylation sites is 2. The number of pyridine rings is 4. The number of nitriles is 3. The Labute approximate surface area is 449 Å². The summed E-state index contributed by atoms with van der Waals surface area (Å²) in [4.78, 5) is 75.8. The fraction of sp³-hybridized carbons (Fsp3) is 0.0222. The number of hydrogen-bond acceptors (Lipinski definition) is 14. The Morgan fingerprint density at radius 1 is 0.583 bits per heavy atom. The molecule has 2 aromatic carbocycles. The molecule has 0 aliphatic carbocycles. The average molecular weight is 1230 g/mol. The van der Waals surface area contributed by atoms with E-state index in [2.05, 4.69) is 74.2 Å². The molecule has 0 radical (unpaired) electrons. The molecule has 72 heavy (non-hydrogen) atoms. The summed E-state index contributed by atoms with van der Waals surface area (Å²) >= 11 is 6.95. The molecule has 0 spiro atoms. The number of esters is 1. The van der Waals surface area contributed by atoms with Crippen LogP contribution < -0.4 is 0 Å². The monoisotopic (exact) mass is 1220 g/mol. The molecule has 8 rings (SSSR count). The van der Waals surface area contributed by atoms with Gasteiger partial charge in [0.2, 0.25) is 15.0 Å². The summed E-state index contributed by atoms with van der Waals surface area (Å²) in [5, 5.41) is 35.0. The number of fused-ring (bicyclic) bond motifs is 2. The number of rotatable bonds is 6. The van der Waals surface area contributed by atoms with Crippen LogP contribution in [0.3, 0.4) is 0 Å². The van der Waals surface area contributed by atoms with E-state index in [1.807, 2.05) is 48.7 Å². The second kappa shape index (κ2) is 32.8. The van der Waals surface area contributed by atoms with Crippen LogP contribution in [-0.4, -0.2) is 74.5 Å². The van der Waals surface area contributed by atoms with E-state index in [0.717, 1.165) is 10.9 Å². The summed E-state index contributed by atoms with van der Waals surface area (Å²) in [5.74, 6) is -2.01. The molecule has 6 heterocycles. The van der Waals surface area contributed by atoms with Crippen LogP contribution >= 0.6 is 78.6 Å². The molecular formula is C45H29Cl8N9O8SZr. The van der Waals surface area contributed by atoms with Gasteiger partial charge in [-0.05, 0) is 95.3 Å². The van der Waals surface area contributed by atoms with Crippen LogP contribution in [0.25, 0.3) is 21.8 Å². The van der Waals surface area contributed by atoms with Gasteiger partial charge in [0.25, 0.3) is 10.5 Å². The molecule has 0 atom stereocenters. The fourth-order valence-corrected chi connectivity index (χ4v) is 5.21. The van der Waals surface area contributed by atoms with Crippen molar-refractivity contribution in [3.63, 3.8) is 0 Å². The summed E-state index contributed by atoms with van der Waals surface area (Å²) in [6.07, 6.45) is 3.62. The van der Waals surface area contributed by atoms with Gasteiger partial charge in [-0.3, -0.25) is 14.4 Å². The van der Waals surface area contributed by atoms with Crippen LogP contribution in [0.2, 0.25) is 0 Å². The Kier molecular flexibility index (Phi) is 28.2. The normalized spacial score (nSPS) is 9.65. The van der Waals surface area contributed by atoms with E-state index in [4.69, 9.17) is 82.4 Å². The molecule has 6 aromatic heterocycles. The van der Waals surface area contributed by atoms with Gasteiger partial charge in [0.1, 0.15) is 63.8 Å². The van der Waals surface area contributed by atoms with Gasteiger partial charge >= 0.3 is 61.5 Å². The van der Waals surface area contributed by atoms with Gasteiger partial charge in [0, 0.05) is 55.7 Å². The fourth-order valence-electron chi connectivity index (χ4n) is 5.00. The smallest absolute Gasteiger partial charge is 0.0453 e. The van der Waals surface area contributed by atoms with Crippen LogP contribution in [-0.2, 0) is 29.5 Å². The number of hydrogen-bond donors (Lipinski definition) is 3. The second-order valence-electron chi connectivity index (χ2n) is 12.6. The number of H-pyrrole nitrogens is 2. The van der Waals surface area contributed by atoms with E-state index in [-0.39, 0.29) is 51.3 Å². The molecule has 17 nitrogen and oxygen atoms in total. The number of ketones is 1. The molecule has 0 aliphatic rings. The van der Waals surface area contributed by atoms with Crippen LogP contribution in [0, 0.1) is 34.0 Å². The standard InChI is InChI=1S/C15H9N3O.C8H7NO4.C8H7N.2C7H3ClN2O.Cl2OS.4ClH.Zr/c16-8-10-4-3-7-14(18-10)15(19)12-9-17-13-6-2-1-5-11(12)13;1-13-8(12)6-4-2-3-5(9-6)7(10)11;1-2-4-8-7(3-1)5-6-9-8;2*8-7(11)6-3-1-2-5(4-9)10-6;1-4(2)3;;;;;/h1-7,9,17H;2-4H,1H3,(H,10,11);1-6,9H;2*1-3H;;4*1H;/q;;;;;;;;;;+4/p-4. The maximum Gasteiger partial charge on any atom is 0.0453 e. The third kappa shape index (κ3) is 23.9. The van der Waals surface area contributed by atoms with E-state index >= 15 is 0 Å². The number of carboxylic acid groups (broad SMARTS) is 1. The second-order valence-corrected chi connectivity index (χ2v) is 38.2. The maximum atomic E-state index is 12.4. The molecule has 368 valence electrons. The van der Waals surface area contributed by atoms with Crippen molar-refractivity contribution in [2.75, 3.05) is 7.11 Å². The minimum atomic E-state index is -3.29. The summed E-state index contributed by atoms with van der Waals surface area (Å²) in [6.45, 7) is 0. The van der Waals surface area contributed by atoms with Gasteiger partial charge in [-0.15, -0.1) is 0 Å². The number of methoxy groups -OCH3 is 1. The molecule has 0 bridgehead atoms. The van der Waals surface area contributed by atoms with Crippen LogP contribution in [0.1, 0.15) is 75.1 Å². The van der Waals surface area contributed by atoms with Crippen LogP contribution in [0.4, 0.5) is 0 Å². The number of halogens is 8. The Bertz CT molecular complexity index is 3200. The minimum absolute atomic E-state index is 0.0117. The quantitative estimate of drug-likeness (QED) is 0.0792. The van der Waals surface area contributed by atoms with Crippen molar-refractivity contribution in [1.82, 2.24) is 29.9 Å². The van der Waals surface area contributed by atoms with Gasteiger partial charge < -0.3 is 19.8 Å². The van der Waals surface area contributed by atoms with Gasteiger partial charge in [-0.25, -0.2) is 33.7 Å². The molecule has 3 N–H and O–H groups in total. The number of nitrogens with one attached hydrogen (secondary N) is 2. The van der Waals surface area contributed by atoms with E-state index < -0.39 is 47.1 Å². The molecule has 0 saturated heterocycles. The first-order chi connectivity index (χ1) is 34.1. The zero-order valence-corrected chi connectivity index (χ0v) is 45.5. The molecule has 0 fully saturated rings. The van der Waals surface area contributed by atoms with Gasteiger partial charge in [0.15, 0.2) is 0 Å². The number of carbonyl (C=O) groups excluding carboxylic acids is 4. The summed E-state index contributed by atoms with van der Waals surface area (Å²) in [5.41, 5.74) is 3.60. The molecule has 27 heteroatoms. The van der Waals surface area contributed by atoms with Crippen molar-refractivity contribution < 1.29 is 53.5 Å². The van der Waals surface area contributed by atoms with Crippen molar-refractivity contribution in [1.29, 1.82) is 15.8 Å². The number of nitrogens with zero attached hydrogens (tertiary/aromatic N) is 7. The number of benzene rings is 2. The average Bonchev–Trinajstić information content (AvgIpc) is 4.04. The Balaban J connectivity index is 0.000000302. The van der Waals surface area contributed by atoms with E-state index in [9.17, 15) is 24.0 Å². The zero-order chi connectivity index (χ0) is 53.8. The van der Waals surface area contributed by atoms with Crippen molar-refractivity contribution >= 4 is 138 Å². The Morgan fingerprint density at radius 3 is 1.46 bits per heavy atom. The first-order valence-electron chi connectivity index (χ1n) is 19.0. The predicted octanol–water partition coefficient (Wildman–Crippen LogP) is 11.9. The number of ether oxygens (including phenoxy) is 1. The van der Waals surface area contributed by atoms with Crippen molar-refractivity contribution in [2.24, 2.45) is 0 Å². The summed E-state index contributed by atoms with van der Waals surface area (Å²) in [7, 11) is 28.7. The first kappa shape index (κ1) is 62.0. The number of aromatic amines is 2. The molecule has 0 aliphatic heterocycles. The van der Waals surface area contributed by atoms with E-state index in [1.54, 1.807) is 48.7 Å². The minimum Gasteiger partial charge on any atom is -0.361 e. The Morgan fingerprint density at radius 2 is 1.00 bits per heavy atom. The third-order valence-electron chi connectivity index (χ3n) is 7.89. The molecule has 0 saturated carbocycles. The molecule has 0 unspecified atom stereocenters. The van der Waals surface area contributed by atoms with Crippen molar-refractivity contribution in [3.8, 4) is 18.2 Å². The Hall–Kier alpha value is -6.11. The van der Waals surface area contributed by atoms with Crippen molar-refractivity contribution in [2.45, 2.75) is 0 Å². The third-order valence-corrected chi connectivity index (χ3v) is 8.27. The summed E-state index contributed by atoms with van der Waals surface area (Å²) < 4.78 is 13.5. The zero-order valence-electron chi connectivity index (χ0n) is 36.1. The SMILES string of the molecule is COC(=O)c1cccc(C(=O)O)n1.N#Cc1cccc(C(=O)Cl)n1.N#Cc1cccc(C(=O)Cl)n1.N#Cc1cccc(C(=O)c2c[nH]c3ccccc23)n1.O=S(Cl)Cl.[Cl][Zr]([Cl])([Cl])[Cl].c1ccc2[nH]ccc2c1. The first-order valence-corrected chi connectivity index (χ1v) is 35.3. The van der Waals surface area contributed by atoms with Crippen LogP contribution in [0.15, 0.2) is 140 Å². The molecule has 8 aromatic rings. The van der Waals surface area contributed by atoms with Gasteiger partial charge in [-0.1, -0.05) is 60.7 Å². The number of carbonyl (C=O) groups is 5. The number of aromatic carboxylic acids is 1. The topological polar surface area (TPSA) is 286 Å². The molecular weight excluding hydrogens is 1200 g/mol. The predicted molar refractivity (Wildman–Crippen MR) is 273 cm³/mol. The van der Waals surface area contributed by atoms with E-state index in [0.29, 0.717) is 5.56 Å². The van der Waals surface area contributed by atoms with E-state index in [1.165, 1.54) is 60.5 Å². The maximum absolute atomic E-state index is 12.4. The molecule has 0 amide bonds.